The molecule has 1 aromatic rings. The van der Waals surface area contributed by atoms with Crippen LogP contribution in [0, 0.1) is 0 Å². The van der Waals surface area contributed by atoms with Gasteiger partial charge in [0.15, 0.2) is 5.96 Å². The molecular weight excluding hydrogens is 365 g/mol. The van der Waals surface area contributed by atoms with Crippen molar-refractivity contribution in [3.63, 3.8) is 0 Å². The molecule has 1 aliphatic heterocycles. The van der Waals surface area contributed by atoms with Crippen molar-refractivity contribution in [1.82, 2.24) is 10.2 Å². The van der Waals surface area contributed by atoms with Crippen LogP contribution in [0.5, 0.6) is 5.75 Å². The van der Waals surface area contributed by atoms with Crippen LogP contribution in [-0.4, -0.2) is 45.2 Å². The van der Waals surface area contributed by atoms with Crippen molar-refractivity contribution in [3.8, 4) is 5.75 Å². The van der Waals surface area contributed by atoms with Crippen molar-refractivity contribution in [2.24, 2.45) is 4.99 Å². The minimum absolute atomic E-state index is 0. The number of hydrogen-bond acceptors (Lipinski definition) is 2. The van der Waals surface area contributed by atoms with Gasteiger partial charge in [0.1, 0.15) is 5.75 Å². The number of guanidine groups is 1. The van der Waals surface area contributed by atoms with E-state index in [-0.39, 0.29) is 24.0 Å². The SMILES string of the molecule is CN=C(NC)N1CC=C(c2cccc(OC)c2)CC1.I. The highest BCUT2D eigenvalue weighted by atomic mass is 127. The lowest BCUT2D eigenvalue weighted by Gasteiger charge is -2.29. The third kappa shape index (κ3) is 3.88. The smallest absolute Gasteiger partial charge is 0.193 e. The van der Waals surface area contributed by atoms with Crippen molar-refractivity contribution in [2.45, 2.75) is 6.42 Å². The van der Waals surface area contributed by atoms with Crippen LogP contribution < -0.4 is 10.1 Å². The van der Waals surface area contributed by atoms with Gasteiger partial charge < -0.3 is 15.0 Å². The largest absolute Gasteiger partial charge is 0.497 e. The van der Waals surface area contributed by atoms with Crippen LogP contribution in [0.3, 0.4) is 0 Å². The summed E-state index contributed by atoms with van der Waals surface area (Å²) in [5.74, 6) is 1.85. The predicted molar refractivity (Wildman–Crippen MR) is 95.0 cm³/mol. The van der Waals surface area contributed by atoms with Crippen LogP contribution >= 0.6 is 24.0 Å². The van der Waals surface area contributed by atoms with Crippen molar-refractivity contribution < 1.29 is 4.74 Å². The molecule has 0 radical (unpaired) electrons. The van der Waals surface area contributed by atoms with Crippen molar-refractivity contribution in [1.29, 1.82) is 0 Å². The van der Waals surface area contributed by atoms with Crippen molar-refractivity contribution in [3.05, 3.63) is 35.9 Å². The van der Waals surface area contributed by atoms with E-state index < -0.39 is 0 Å². The summed E-state index contributed by atoms with van der Waals surface area (Å²) in [6.45, 7) is 1.87. The van der Waals surface area contributed by atoms with Gasteiger partial charge in [0.05, 0.1) is 7.11 Å². The lowest BCUT2D eigenvalue weighted by atomic mass is 9.99. The summed E-state index contributed by atoms with van der Waals surface area (Å²) in [4.78, 5) is 6.48. The van der Waals surface area contributed by atoms with E-state index in [9.17, 15) is 0 Å². The Labute approximate surface area is 137 Å². The molecule has 0 fully saturated rings. The Morgan fingerprint density at radius 3 is 2.75 bits per heavy atom. The highest BCUT2D eigenvalue weighted by molar-refractivity contribution is 14.0. The summed E-state index contributed by atoms with van der Waals surface area (Å²) >= 11 is 0. The molecule has 0 aliphatic carbocycles. The number of hydrogen-bond donors (Lipinski definition) is 1. The Hall–Kier alpha value is -1.24. The molecule has 0 amide bonds. The molecule has 0 bridgehead atoms. The predicted octanol–water partition coefficient (Wildman–Crippen LogP) is 2.61. The molecule has 110 valence electrons. The standard InChI is InChI=1S/C15H21N3O.HI/c1-16-15(17-2)18-9-7-12(8-10-18)13-5-4-6-14(11-13)19-3;/h4-7,11H,8-10H2,1-3H3,(H,16,17);1H. The lowest BCUT2D eigenvalue weighted by Crippen LogP contribution is -2.41. The maximum Gasteiger partial charge on any atom is 0.193 e. The summed E-state index contributed by atoms with van der Waals surface area (Å²) in [5.41, 5.74) is 2.63. The molecular formula is C15H22IN3O. The van der Waals surface area contributed by atoms with Gasteiger partial charge in [-0.15, -0.1) is 24.0 Å². The summed E-state index contributed by atoms with van der Waals surface area (Å²) in [7, 11) is 5.42. The molecule has 0 saturated carbocycles. The average molecular weight is 387 g/mol. The first kappa shape index (κ1) is 16.8. The second kappa shape index (κ2) is 8.14. The highest BCUT2D eigenvalue weighted by Gasteiger charge is 2.15. The quantitative estimate of drug-likeness (QED) is 0.482. The minimum atomic E-state index is 0. The Balaban J connectivity index is 0.00000200. The average Bonchev–Trinajstić information content (AvgIpc) is 2.49. The Morgan fingerprint density at radius 2 is 2.20 bits per heavy atom. The molecule has 4 nitrogen and oxygen atoms in total. The first-order valence-electron chi connectivity index (χ1n) is 6.51. The molecule has 0 saturated heterocycles. The van der Waals surface area contributed by atoms with Crippen LogP contribution in [0.15, 0.2) is 35.3 Å². The molecule has 2 rings (SSSR count). The molecule has 5 heteroatoms. The van der Waals surface area contributed by atoms with Gasteiger partial charge in [0.25, 0.3) is 0 Å². The van der Waals surface area contributed by atoms with E-state index in [1.54, 1.807) is 7.11 Å². The van der Waals surface area contributed by atoms with Gasteiger partial charge in [-0.05, 0) is 29.7 Å². The third-order valence-corrected chi connectivity index (χ3v) is 3.38. The van der Waals surface area contributed by atoms with Gasteiger partial charge >= 0.3 is 0 Å². The molecule has 0 spiro atoms. The first-order chi connectivity index (χ1) is 9.28. The van der Waals surface area contributed by atoms with E-state index in [2.05, 4.69) is 33.4 Å². The van der Waals surface area contributed by atoms with E-state index in [1.165, 1.54) is 11.1 Å². The fraction of sp³-hybridized carbons (Fsp3) is 0.400. The molecule has 1 N–H and O–H groups in total. The lowest BCUT2D eigenvalue weighted by molar-refractivity contribution is 0.414. The van der Waals surface area contributed by atoms with Crippen LogP contribution in [-0.2, 0) is 0 Å². The van der Waals surface area contributed by atoms with Gasteiger partial charge in [0.2, 0.25) is 0 Å². The van der Waals surface area contributed by atoms with Crippen molar-refractivity contribution in [2.75, 3.05) is 34.3 Å². The van der Waals surface area contributed by atoms with Crippen LogP contribution in [0.25, 0.3) is 5.57 Å². The molecule has 0 atom stereocenters. The van der Waals surface area contributed by atoms with Gasteiger partial charge in [-0.3, -0.25) is 4.99 Å². The Morgan fingerprint density at radius 1 is 1.40 bits per heavy atom. The second-order valence-corrected chi connectivity index (χ2v) is 4.45. The number of aliphatic imine (C=N–C) groups is 1. The second-order valence-electron chi connectivity index (χ2n) is 4.45. The van der Waals surface area contributed by atoms with E-state index in [4.69, 9.17) is 4.74 Å². The summed E-state index contributed by atoms with van der Waals surface area (Å²) in [6.07, 6.45) is 3.29. The molecule has 0 aromatic heterocycles. The van der Waals surface area contributed by atoms with E-state index in [1.807, 2.05) is 26.2 Å². The van der Waals surface area contributed by atoms with E-state index >= 15 is 0 Å². The fourth-order valence-corrected chi connectivity index (χ4v) is 2.36. The highest BCUT2D eigenvalue weighted by Crippen LogP contribution is 2.25. The molecule has 0 unspecified atom stereocenters. The van der Waals surface area contributed by atoms with Gasteiger partial charge in [-0.2, -0.15) is 0 Å². The number of methoxy groups -OCH3 is 1. The third-order valence-electron chi connectivity index (χ3n) is 3.38. The number of rotatable bonds is 2. The number of ether oxygens (including phenoxy) is 1. The number of nitrogens with one attached hydrogen (secondary N) is 1. The van der Waals surface area contributed by atoms with Crippen LogP contribution in [0.2, 0.25) is 0 Å². The number of nitrogens with zero attached hydrogens (tertiary/aromatic N) is 2. The summed E-state index contributed by atoms with van der Waals surface area (Å²) < 4.78 is 5.27. The molecule has 20 heavy (non-hydrogen) atoms. The van der Waals surface area contributed by atoms with Crippen LogP contribution in [0.4, 0.5) is 0 Å². The fourth-order valence-electron chi connectivity index (χ4n) is 2.36. The maximum absolute atomic E-state index is 5.27. The molecule has 1 aliphatic rings. The van der Waals surface area contributed by atoms with E-state index in [0.29, 0.717) is 0 Å². The van der Waals surface area contributed by atoms with Gasteiger partial charge in [0, 0.05) is 27.2 Å². The van der Waals surface area contributed by atoms with Gasteiger partial charge in [-0.25, -0.2) is 0 Å². The zero-order valence-corrected chi connectivity index (χ0v) is 14.5. The maximum atomic E-state index is 5.27. The monoisotopic (exact) mass is 387 g/mol. The number of benzene rings is 1. The Kier molecular flexibility index (Phi) is 6.84. The normalized spacial score (nSPS) is 15.2. The topological polar surface area (TPSA) is 36.9 Å². The minimum Gasteiger partial charge on any atom is -0.497 e. The zero-order chi connectivity index (χ0) is 13.7. The van der Waals surface area contributed by atoms with Crippen molar-refractivity contribution >= 4 is 35.5 Å². The van der Waals surface area contributed by atoms with Crippen LogP contribution in [0.1, 0.15) is 12.0 Å². The first-order valence-corrected chi connectivity index (χ1v) is 6.51. The van der Waals surface area contributed by atoms with E-state index in [0.717, 1.165) is 31.2 Å². The Bertz CT molecular complexity index is 500. The molecule has 1 heterocycles. The zero-order valence-electron chi connectivity index (χ0n) is 12.2. The summed E-state index contributed by atoms with van der Waals surface area (Å²) in [5, 5.41) is 3.12. The summed E-state index contributed by atoms with van der Waals surface area (Å²) in [6, 6.07) is 8.24. The molecule has 1 aromatic carbocycles. The number of halogens is 1. The van der Waals surface area contributed by atoms with Gasteiger partial charge in [-0.1, -0.05) is 18.2 Å².